The summed E-state index contributed by atoms with van der Waals surface area (Å²) in [5.41, 5.74) is 0. The SMILES string of the molecule is CCCCCCn1cc[n+](CCCC)c1.[Cl-]. The van der Waals surface area contributed by atoms with Gasteiger partial charge in [-0.1, -0.05) is 33.1 Å². The molecule has 16 heavy (non-hydrogen) atoms. The lowest BCUT2D eigenvalue weighted by atomic mass is 10.2. The summed E-state index contributed by atoms with van der Waals surface area (Å²) in [4.78, 5) is 0. The first-order chi connectivity index (χ1) is 7.36. The van der Waals surface area contributed by atoms with Gasteiger partial charge in [-0.25, -0.2) is 9.13 Å². The highest BCUT2D eigenvalue weighted by Crippen LogP contribution is 2.01. The minimum atomic E-state index is 0. The lowest BCUT2D eigenvalue weighted by molar-refractivity contribution is -0.696. The molecular weight excluding hydrogens is 220 g/mol. The van der Waals surface area contributed by atoms with Gasteiger partial charge in [0.15, 0.2) is 0 Å². The maximum absolute atomic E-state index is 2.31. The summed E-state index contributed by atoms with van der Waals surface area (Å²) in [5, 5.41) is 0. The van der Waals surface area contributed by atoms with E-state index in [4.69, 9.17) is 0 Å². The number of nitrogens with zero attached hydrogens (tertiary/aromatic N) is 2. The summed E-state index contributed by atoms with van der Waals surface area (Å²) < 4.78 is 4.61. The third-order valence-corrected chi connectivity index (χ3v) is 2.79. The van der Waals surface area contributed by atoms with Crippen LogP contribution in [0.5, 0.6) is 0 Å². The fraction of sp³-hybridized carbons (Fsp3) is 0.769. The average Bonchev–Trinajstić information content (AvgIpc) is 2.69. The molecule has 0 saturated heterocycles. The molecule has 0 bridgehead atoms. The summed E-state index contributed by atoms with van der Waals surface area (Å²) in [6.07, 6.45) is 14.6. The van der Waals surface area contributed by atoms with Gasteiger partial charge >= 0.3 is 0 Å². The molecule has 0 spiro atoms. The zero-order valence-electron chi connectivity index (χ0n) is 10.7. The molecule has 0 fully saturated rings. The van der Waals surface area contributed by atoms with Crippen LogP contribution in [0.3, 0.4) is 0 Å². The summed E-state index contributed by atoms with van der Waals surface area (Å²) in [6, 6.07) is 0. The molecule has 0 unspecified atom stereocenters. The lowest BCUT2D eigenvalue weighted by Crippen LogP contribution is -3.00. The van der Waals surface area contributed by atoms with Gasteiger partial charge in [-0.3, -0.25) is 0 Å². The van der Waals surface area contributed by atoms with Crippen molar-refractivity contribution in [1.82, 2.24) is 4.57 Å². The van der Waals surface area contributed by atoms with E-state index >= 15 is 0 Å². The second kappa shape index (κ2) is 9.71. The molecule has 94 valence electrons. The third kappa shape index (κ3) is 6.16. The van der Waals surface area contributed by atoms with Gasteiger partial charge in [0.25, 0.3) is 0 Å². The quantitative estimate of drug-likeness (QED) is 0.455. The van der Waals surface area contributed by atoms with E-state index in [1.807, 2.05) is 0 Å². The van der Waals surface area contributed by atoms with Crippen molar-refractivity contribution in [2.45, 2.75) is 65.5 Å². The van der Waals surface area contributed by atoms with Crippen molar-refractivity contribution in [3.05, 3.63) is 18.7 Å². The second-order valence-corrected chi connectivity index (χ2v) is 4.30. The Bertz CT molecular complexity index is 258. The van der Waals surface area contributed by atoms with Gasteiger partial charge in [-0.2, -0.15) is 0 Å². The highest BCUT2D eigenvalue weighted by atomic mass is 35.5. The molecule has 0 aromatic carbocycles. The van der Waals surface area contributed by atoms with Crippen LogP contribution in [0.1, 0.15) is 52.4 Å². The number of halogens is 1. The molecule has 1 aromatic heterocycles. The van der Waals surface area contributed by atoms with Crippen LogP contribution in [0.15, 0.2) is 18.7 Å². The zero-order valence-corrected chi connectivity index (χ0v) is 11.4. The van der Waals surface area contributed by atoms with Crippen molar-refractivity contribution in [3.63, 3.8) is 0 Å². The number of aryl methyl sites for hydroxylation is 2. The number of aromatic nitrogens is 2. The Morgan fingerprint density at radius 1 is 1.00 bits per heavy atom. The minimum Gasteiger partial charge on any atom is -1.00 e. The molecule has 2 nitrogen and oxygen atoms in total. The van der Waals surface area contributed by atoms with Crippen LogP contribution >= 0.6 is 0 Å². The average molecular weight is 245 g/mol. The Morgan fingerprint density at radius 2 is 1.75 bits per heavy atom. The number of imidazole rings is 1. The first-order valence-corrected chi connectivity index (χ1v) is 6.41. The van der Waals surface area contributed by atoms with Crippen LogP contribution in [0, 0.1) is 0 Å². The van der Waals surface area contributed by atoms with E-state index in [1.54, 1.807) is 0 Å². The highest BCUT2D eigenvalue weighted by molar-refractivity contribution is 4.66. The monoisotopic (exact) mass is 244 g/mol. The minimum absolute atomic E-state index is 0. The topological polar surface area (TPSA) is 8.81 Å². The number of unbranched alkanes of at least 4 members (excludes halogenated alkanes) is 4. The van der Waals surface area contributed by atoms with E-state index < -0.39 is 0 Å². The third-order valence-electron chi connectivity index (χ3n) is 2.79. The summed E-state index contributed by atoms with van der Waals surface area (Å²) >= 11 is 0. The maximum Gasteiger partial charge on any atom is 0.243 e. The Morgan fingerprint density at radius 3 is 2.44 bits per heavy atom. The number of rotatable bonds is 8. The molecule has 0 aliphatic carbocycles. The van der Waals surface area contributed by atoms with Crippen LogP contribution in [-0.4, -0.2) is 4.57 Å². The molecule has 0 atom stereocenters. The largest absolute Gasteiger partial charge is 1.00 e. The van der Waals surface area contributed by atoms with Gasteiger partial charge in [0.1, 0.15) is 12.4 Å². The molecule has 0 N–H and O–H groups in total. The normalized spacial score (nSPS) is 10.1. The van der Waals surface area contributed by atoms with Gasteiger partial charge in [0.2, 0.25) is 6.33 Å². The molecule has 3 heteroatoms. The first kappa shape index (κ1) is 15.5. The van der Waals surface area contributed by atoms with Crippen molar-refractivity contribution in [1.29, 1.82) is 0 Å². The molecule has 0 aliphatic heterocycles. The predicted molar refractivity (Wildman–Crippen MR) is 63.7 cm³/mol. The Kier molecular flexibility index (Phi) is 9.40. The van der Waals surface area contributed by atoms with E-state index in [-0.39, 0.29) is 12.4 Å². The lowest BCUT2D eigenvalue weighted by Gasteiger charge is -1.96. The first-order valence-electron chi connectivity index (χ1n) is 6.41. The molecule has 1 heterocycles. The van der Waals surface area contributed by atoms with Crippen molar-refractivity contribution in [3.8, 4) is 0 Å². The van der Waals surface area contributed by atoms with E-state index in [2.05, 4.69) is 41.7 Å². The fourth-order valence-electron chi connectivity index (χ4n) is 1.77. The van der Waals surface area contributed by atoms with Crippen molar-refractivity contribution in [2.75, 3.05) is 0 Å². The van der Waals surface area contributed by atoms with E-state index in [9.17, 15) is 0 Å². The molecule has 0 radical (unpaired) electrons. The summed E-state index contributed by atoms with van der Waals surface area (Å²) in [5.74, 6) is 0. The van der Waals surface area contributed by atoms with Crippen molar-refractivity contribution in [2.24, 2.45) is 0 Å². The standard InChI is InChI=1S/C13H25N2.ClH/c1-3-5-7-8-10-15-12-11-14(13-15)9-6-4-2;/h11-13H,3-10H2,1-2H3;1H/q+1;/p-1. The van der Waals surface area contributed by atoms with E-state index in [0.717, 1.165) is 0 Å². The zero-order chi connectivity index (χ0) is 10.9. The van der Waals surface area contributed by atoms with Gasteiger partial charge in [-0.15, -0.1) is 0 Å². The van der Waals surface area contributed by atoms with Crippen LogP contribution in [0.25, 0.3) is 0 Å². The highest BCUT2D eigenvalue weighted by Gasteiger charge is 2.02. The number of hydrogen-bond acceptors (Lipinski definition) is 0. The Labute approximate surface area is 106 Å². The van der Waals surface area contributed by atoms with Crippen LogP contribution < -0.4 is 17.0 Å². The van der Waals surface area contributed by atoms with Gasteiger partial charge < -0.3 is 12.4 Å². The smallest absolute Gasteiger partial charge is 0.243 e. The molecular formula is C13H25ClN2. The van der Waals surface area contributed by atoms with Crippen molar-refractivity contribution < 1.29 is 17.0 Å². The van der Waals surface area contributed by atoms with Crippen LogP contribution in [0.2, 0.25) is 0 Å². The van der Waals surface area contributed by atoms with E-state index in [1.165, 1.54) is 51.6 Å². The Hall–Kier alpha value is -0.500. The second-order valence-electron chi connectivity index (χ2n) is 4.30. The van der Waals surface area contributed by atoms with Crippen LogP contribution in [-0.2, 0) is 13.1 Å². The van der Waals surface area contributed by atoms with Crippen molar-refractivity contribution >= 4 is 0 Å². The summed E-state index contributed by atoms with van der Waals surface area (Å²) in [7, 11) is 0. The van der Waals surface area contributed by atoms with Gasteiger partial charge in [0.05, 0.1) is 13.1 Å². The molecule has 0 amide bonds. The maximum atomic E-state index is 2.31. The number of hydrogen-bond donors (Lipinski definition) is 0. The Balaban J connectivity index is 0.00000225. The van der Waals surface area contributed by atoms with Gasteiger partial charge in [0, 0.05) is 0 Å². The molecule has 0 saturated carbocycles. The molecule has 0 aliphatic rings. The molecule has 1 rings (SSSR count). The summed E-state index contributed by atoms with van der Waals surface area (Å²) in [6.45, 7) is 6.84. The molecule has 1 aromatic rings. The van der Waals surface area contributed by atoms with Crippen LogP contribution in [0.4, 0.5) is 0 Å². The fourth-order valence-corrected chi connectivity index (χ4v) is 1.77. The van der Waals surface area contributed by atoms with E-state index in [0.29, 0.717) is 0 Å². The predicted octanol–water partition coefficient (Wildman–Crippen LogP) is 0.160. The van der Waals surface area contributed by atoms with Gasteiger partial charge in [-0.05, 0) is 19.3 Å².